The Morgan fingerprint density at radius 2 is 1.72 bits per heavy atom. The van der Waals surface area contributed by atoms with Gasteiger partial charge in [0.05, 0.1) is 6.61 Å². The molecule has 1 atom stereocenters. The Morgan fingerprint density at radius 3 is 2.25 bits per heavy atom. The van der Waals surface area contributed by atoms with Crippen LogP contribution in [0.25, 0.3) is 6.08 Å². The number of unbranched alkanes of at least 4 members (excludes halogenated alkanes) is 3. The van der Waals surface area contributed by atoms with Crippen molar-refractivity contribution in [3.05, 3.63) is 52.6 Å². The van der Waals surface area contributed by atoms with Crippen molar-refractivity contribution in [2.75, 3.05) is 6.61 Å². The maximum atomic E-state index is 9.59. The molecule has 0 bridgehead atoms. The zero-order valence-electron chi connectivity index (χ0n) is 22.8. The number of aryl methyl sites for hydroxylation is 1. The molecule has 1 heteroatoms. The van der Waals surface area contributed by atoms with E-state index in [4.69, 9.17) is 0 Å². The van der Waals surface area contributed by atoms with Gasteiger partial charge in [0.15, 0.2) is 0 Å². The van der Waals surface area contributed by atoms with E-state index in [0.717, 1.165) is 12.8 Å². The molecule has 0 saturated carbocycles. The highest BCUT2D eigenvalue weighted by Gasteiger charge is 2.25. The second kappa shape index (κ2) is 17.2. The Labute approximate surface area is 201 Å². The summed E-state index contributed by atoms with van der Waals surface area (Å²) in [4.78, 5) is 0. The minimum absolute atomic E-state index is 0.199. The second-order valence-electron chi connectivity index (χ2n) is 9.58. The lowest BCUT2D eigenvalue weighted by atomic mass is 9.75. The number of benzene rings is 1. The van der Waals surface area contributed by atoms with Crippen LogP contribution in [0, 0.1) is 0 Å². The first-order valence-corrected chi connectivity index (χ1v) is 13.5. The predicted molar refractivity (Wildman–Crippen MR) is 147 cm³/mol. The molecule has 1 aliphatic rings. The smallest absolute Gasteiger partial charge is 0.0641 e. The molecule has 0 fully saturated rings. The summed E-state index contributed by atoms with van der Waals surface area (Å²) in [6, 6.07) is 4.85. The highest BCUT2D eigenvalue weighted by Crippen LogP contribution is 2.39. The standard InChI is InChI=1S/C26H40O.C3H8.C2H6/c1-6-9-10-11-15-26(4,5)24-17-21(7-2)25(22(8-3)18-24)23-14-12-13-20(16-23)19-27;1-3-2;1-2/h7,16-18,23,27H,2,6,8-15,19H2,1,3-5H3;3H2,1-2H3;1-2H3. The molecule has 0 spiro atoms. The first-order chi connectivity index (χ1) is 15.4. The fourth-order valence-electron chi connectivity index (χ4n) is 4.54. The normalized spacial score (nSPS) is 15.7. The fourth-order valence-corrected chi connectivity index (χ4v) is 4.54. The summed E-state index contributed by atoms with van der Waals surface area (Å²) in [5.74, 6) is 0.422. The summed E-state index contributed by atoms with van der Waals surface area (Å²) >= 11 is 0. The Hall–Kier alpha value is -1.34. The van der Waals surface area contributed by atoms with Gasteiger partial charge in [-0.3, -0.25) is 0 Å². The summed E-state index contributed by atoms with van der Waals surface area (Å²) in [7, 11) is 0. The van der Waals surface area contributed by atoms with Crippen LogP contribution in [-0.2, 0) is 11.8 Å². The van der Waals surface area contributed by atoms with Crippen LogP contribution in [0.5, 0.6) is 0 Å². The van der Waals surface area contributed by atoms with Crippen LogP contribution in [0.1, 0.15) is 141 Å². The Morgan fingerprint density at radius 1 is 1.06 bits per heavy atom. The number of aliphatic hydroxyl groups excluding tert-OH is 1. The average molecular weight is 443 g/mol. The first kappa shape index (κ1) is 30.7. The Balaban J connectivity index is 0.00000177. The van der Waals surface area contributed by atoms with Gasteiger partial charge in [-0.2, -0.15) is 0 Å². The maximum absolute atomic E-state index is 9.59. The zero-order chi connectivity index (χ0) is 24.6. The SMILES string of the molecule is C=Cc1cc(C(C)(C)CCCCCC)cc(CC)c1C1C=C(CO)CCC1.CC.CCC. The molecule has 0 heterocycles. The van der Waals surface area contributed by atoms with Gasteiger partial charge < -0.3 is 5.11 Å². The van der Waals surface area contributed by atoms with Gasteiger partial charge in [-0.1, -0.05) is 118 Å². The Bertz CT molecular complexity index is 665. The first-order valence-electron chi connectivity index (χ1n) is 13.5. The quantitative estimate of drug-likeness (QED) is 0.282. The van der Waals surface area contributed by atoms with Gasteiger partial charge in [-0.15, -0.1) is 0 Å². The van der Waals surface area contributed by atoms with Crippen molar-refractivity contribution in [1.29, 1.82) is 0 Å². The molecule has 2 rings (SSSR count). The number of aliphatic hydroxyl groups is 1. The number of hydrogen-bond donors (Lipinski definition) is 1. The van der Waals surface area contributed by atoms with Gasteiger partial charge >= 0.3 is 0 Å². The molecule has 0 aromatic heterocycles. The molecular formula is C31H54O. The lowest BCUT2D eigenvalue weighted by Gasteiger charge is -2.30. The monoisotopic (exact) mass is 442 g/mol. The van der Waals surface area contributed by atoms with E-state index in [1.54, 1.807) is 0 Å². The number of hydrogen-bond acceptors (Lipinski definition) is 1. The van der Waals surface area contributed by atoms with E-state index >= 15 is 0 Å². The molecule has 0 amide bonds. The van der Waals surface area contributed by atoms with E-state index in [2.05, 4.69) is 66.3 Å². The molecule has 1 N–H and O–H groups in total. The molecule has 32 heavy (non-hydrogen) atoms. The van der Waals surface area contributed by atoms with E-state index in [1.165, 1.54) is 79.2 Å². The molecule has 1 unspecified atom stereocenters. The van der Waals surface area contributed by atoms with Crippen LogP contribution >= 0.6 is 0 Å². The van der Waals surface area contributed by atoms with Crippen molar-refractivity contribution in [2.24, 2.45) is 0 Å². The maximum Gasteiger partial charge on any atom is 0.0641 e. The molecule has 0 radical (unpaired) electrons. The van der Waals surface area contributed by atoms with Crippen molar-refractivity contribution < 1.29 is 5.11 Å². The molecule has 1 aliphatic carbocycles. The molecule has 1 nitrogen and oxygen atoms in total. The minimum atomic E-state index is 0.199. The van der Waals surface area contributed by atoms with Gasteiger partial charge in [0, 0.05) is 5.92 Å². The summed E-state index contributed by atoms with van der Waals surface area (Å²) in [5, 5.41) is 9.59. The predicted octanol–water partition coefficient (Wildman–Crippen LogP) is 9.77. The second-order valence-corrected chi connectivity index (χ2v) is 9.58. The molecule has 184 valence electrons. The fraction of sp³-hybridized carbons (Fsp3) is 0.677. The third-order valence-electron chi connectivity index (χ3n) is 6.36. The number of rotatable bonds is 10. The van der Waals surface area contributed by atoms with Crippen molar-refractivity contribution in [2.45, 2.75) is 131 Å². The summed E-state index contributed by atoms with van der Waals surface area (Å²) in [6.07, 6.45) is 16.6. The van der Waals surface area contributed by atoms with Gasteiger partial charge in [0.1, 0.15) is 0 Å². The van der Waals surface area contributed by atoms with Crippen molar-refractivity contribution >= 4 is 6.08 Å². The minimum Gasteiger partial charge on any atom is -0.392 e. The number of allylic oxidation sites excluding steroid dienone is 1. The largest absolute Gasteiger partial charge is 0.392 e. The topological polar surface area (TPSA) is 20.2 Å². The van der Waals surface area contributed by atoms with Crippen LogP contribution in [0.2, 0.25) is 0 Å². The highest BCUT2D eigenvalue weighted by molar-refractivity contribution is 5.59. The third-order valence-corrected chi connectivity index (χ3v) is 6.36. The summed E-state index contributed by atoms with van der Waals surface area (Å²) in [6.45, 7) is 21.9. The van der Waals surface area contributed by atoms with Gasteiger partial charge in [0.25, 0.3) is 0 Å². The highest BCUT2D eigenvalue weighted by atomic mass is 16.3. The lowest BCUT2D eigenvalue weighted by Crippen LogP contribution is -2.19. The van der Waals surface area contributed by atoms with Gasteiger partial charge in [-0.05, 0) is 65.3 Å². The van der Waals surface area contributed by atoms with Crippen LogP contribution in [-0.4, -0.2) is 11.7 Å². The van der Waals surface area contributed by atoms with Crippen LogP contribution in [0.15, 0.2) is 30.4 Å². The van der Waals surface area contributed by atoms with Gasteiger partial charge in [-0.25, -0.2) is 0 Å². The average Bonchev–Trinajstić information content (AvgIpc) is 2.82. The van der Waals surface area contributed by atoms with E-state index in [0.29, 0.717) is 5.92 Å². The molecule has 1 aromatic rings. The van der Waals surface area contributed by atoms with Crippen LogP contribution < -0.4 is 0 Å². The van der Waals surface area contributed by atoms with Crippen molar-refractivity contribution in [1.82, 2.24) is 0 Å². The molecule has 0 saturated heterocycles. The van der Waals surface area contributed by atoms with E-state index in [-0.39, 0.29) is 12.0 Å². The van der Waals surface area contributed by atoms with Crippen LogP contribution in [0.3, 0.4) is 0 Å². The summed E-state index contributed by atoms with van der Waals surface area (Å²) < 4.78 is 0. The van der Waals surface area contributed by atoms with Crippen molar-refractivity contribution in [3.63, 3.8) is 0 Å². The zero-order valence-corrected chi connectivity index (χ0v) is 22.8. The van der Waals surface area contributed by atoms with Crippen LogP contribution in [0.4, 0.5) is 0 Å². The Kier molecular flexibility index (Phi) is 16.5. The summed E-state index contributed by atoms with van der Waals surface area (Å²) in [5.41, 5.74) is 7.06. The van der Waals surface area contributed by atoms with E-state index in [1.807, 2.05) is 19.9 Å². The lowest BCUT2D eigenvalue weighted by molar-refractivity contribution is 0.321. The van der Waals surface area contributed by atoms with Crippen molar-refractivity contribution in [3.8, 4) is 0 Å². The van der Waals surface area contributed by atoms with Gasteiger partial charge in [0.2, 0.25) is 0 Å². The van der Waals surface area contributed by atoms with E-state index in [9.17, 15) is 5.11 Å². The van der Waals surface area contributed by atoms with E-state index < -0.39 is 0 Å². The molecular weight excluding hydrogens is 388 g/mol. The third kappa shape index (κ3) is 9.65. The molecule has 0 aliphatic heterocycles. The molecule has 1 aromatic carbocycles.